The zero-order chi connectivity index (χ0) is 12.3. The lowest BCUT2D eigenvalue weighted by Gasteiger charge is -2.34. The molecular formula is C11H16N4O2. The molecule has 92 valence electrons. The van der Waals surface area contributed by atoms with E-state index in [0.717, 1.165) is 32.7 Å². The average molecular weight is 236 g/mol. The normalized spacial score (nSPS) is 17.1. The Labute approximate surface area is 99.9 Å². The second-order valence-electron chi connectivity index (χ2n) is 3.96. The molecule has 1 aliphatic heterocycles. The summed E-state index contributed by atoms with van der Waals surface area (Å²) in [5.74, 6) is -0.521. The van der Waals surface area contributed by atoms with E-state index in [0.29, 0.717) is 5.82 Å². The van der Waals surface area contributed by atoms with Crippen LogP contribution in [0.2, 0.25) is 0 Å². The molecule has 1 aliphatic rings. The van der Waals surface area contributed by atoms with Crippen LogP contribution in [0.15, 0.2) is 12.3 Å². The molecule has 6 heteroatoms. The molecular weight excluding hydrogens is 220 g/mol. The Kier molecular flexibility index (Phi) is 3.53. The number of likely N-dealkylation sites (N-methyl/N-ethyl adjacent to an activating group) is 1. The second-order valence-corrected chi connectivity index (χ2v) is 3.96. The number of rotatable bonds is 3. The van der Waals surface area contributed by atoms with Crippen molar-refractivity contribution in [2.75, 3.05) is 37.6 Å². The van der Waals surface area contributed by atoms with Crippen LogP contribution in [0.25, 0.3) is 0 Å². The van der Waals surface area contributed by atoms with Crippen LogP contribution in [0.4, 0.5) is 5.82 Å². The number of hydrogen-bond donors (Lipinski definition) is 1. The van der Waals surface area contributed by atoms with Gasteiger partial charge in [-0.1, -0.05) is 6.92 Å². The van der Waals surface area contributed by atoms with Gasteiger partial charge in [0.25, 0.3) is 0 Å². The van der Waals surface area contributed by atoms with Crippen LogP contribution >= 0.6 is 0 Å². The van der Waals surface area contributed by atoms with Gasteiger partial charge >= 0.3 is 5.97 Å². The molecule has 1 aromatic heterocycles. The van der Waals surface area contributed by atoms with Crippen LogP contribution in [-0.2, 0) is 0 Å². The summed E-state index contributed by atoms with van der Waals surface area (Å²) in [6.45, 7) is 6.93. The number of anilines is 1. The highest BCUT2D eigenvalue weighted by molar-refractivity contribution is 5.83. The monoisotopic (exact) mass is 236 g/mol. The van der Waals surface area contributed by atoms with E-state index in [1.165, 1.54) is 6.20 Å². The summed E-state index contributed by atoms with van der Waals surface area (Å²) < 4.78 is 0. The Bertz CT molecular complexity index is 402. The summed E-state index contributed by atoms with van der Waals surface area (Å²) in [5.41, 5.74) is 0. The maximum atomic E-state index is 10.8. The van der Waals surface area contributed by atoms with Gasteiger partial charge in [0, 0.05) is 32.4 Å². The summed E-state index contributed by atoms with van der Waals surface area (Å²) in [4.78, 5) is 23.0. The Morgan fingerprint density at radius 3 is 2.71 bits per heavy atom. The first-order valence-corrected chi connectivity index (χ1v) is 5.74. The van der Waals surface area contributed by atoms with Crippen molar-refractivity contribution in [1.82, 2.24) is 14.9 Å². The zero-order valence-corrected chi connectivity index (χ0v) is 9.83. The molecule has 1 N–H and O–H groups in total. The number of carbonyl (C=O) groups is 1. The molecule has 0 amide bonds. The van der Waals surface area contributed by atoms with Crippen molar-refractivity contribution in [2.24, 2.45) is 0 Å². The van der Waals surface area contributed by atoms with Gasteiger partial charge in [-0.15, -0.1) is 0 Å². The number of hydrogen-bond acceptors (Lipinski definition) is 5. The molecule has 0 aromatic carbocycles. The van der Waals surface area contributed by atoms with Crippen LogP contribution in [0.1, 0.15) is 17.5 Å². The van der Waals surface area contributed by atoms with Crippen LogP contribution in [-0.4, -0.2) is 58.7 Å². The summed E-state index contributed by atoms with van der Waals surface area (Å²) in [6.07, 6.45) is 1.50. The summed E-state index contributed by atoms with van der Waals surface area (Å²) in [6, 6.07) is 1.76. The minimum Gasteiger partial charge on any atom is -0.475 e. The molecule has 0 atom stereocenters. The first-order valence-electron chi connectivity index (χ1n) is 5.74. The Balaban J connectivity index is 2.08. The lowest BCUT2D eigenvalue weighted by Crippen LogP contribution is -2.46. The van der Waals surface area contributed by atoms with Gasteiger partial charge in [-0.05, 0) is 12.6 Å². The van der Waals surface area contributed by atoms with Gasteiger partial charge in [-0.2, -0.15) is 0 Å². The highest BCUT2D eigenvalue weighted by Gasteiger charge is 2.18. The van der Waals surface area contributed by atoms with Gasteiger partial charge in [0.1, 0.15) is 5.82 Å². The van der Waals surface area contributed by atoms with Crippen molar-refractivity contribution < 1.29 is 9.90 Å². The minimum atomic E-state index is -1.08. The number of carboxylic acids is 1. The molecule has 1 fully saturated rings. The number of aromatic carboxylic acids is 1. The predicted molar refractivity (Wildman–Crippen MR) is 63.3 cm³/mol. The fourth-order valence-electron chi connectivity index (χ4n) is 1.92. The van der Waals surface area contributed by atoms with Crippen LogP contribution in [0, 0.1) is 0 Å². The Morgan fingerprint density at radius 2 is 2.12 bits per heavy atom. The molecule has 1 saturated heterocycles. The average Bonchev–Trinajstić information content (AvgIpc) is 2.39. The quantitative estimate of drug-likeness (QED) is 0.815. The highest BCUT2D eigenvalue weighted by atomic mass is 16.4. The van der Waals surface area contributed by atoms with Crippen LogP contribution in [0.5, 0.6) is 0 Å². The van der Waals surface area contributed by atoms with E-state index in [1.54, 1.807) is 6.07 Å². The Morgan fingerprint density at radius 1 is 1.41 bits per heavy atom. The fourth-order valence-corrected chi connectivity index (χ4v) is 1.92. The van der Waals surface area contributed by atoms with Crippen molar-refractivity contribution in [2.45, 2.75) is 6.92 Å². The van der Waals surface area contributed by atoms with Crippen molar-refractivity contribution >= 4 is 11.8 Å². The molecule has 0 unspecified atom stereocenters. The smallest absolute Gasteiger partial charge is 0.374 e. The molecule has 0 aliphatic carbocycles. The molecule has 0 bridgehead atoms. The van der Waals surface area contributed by atoms with Crippen LogP contribution < -0.4 is 4.90 Å². The Hall–Kier alpha value is -1.69. The van der Waals surface area contributed by atoms with E-state index in [4.69, 9.17) is 5.11 Å². The SMILES string of the molecule is CCN1CCN(c2ccnc(C(=O)O)n2)CC1. The van der Waals surface area contributed by atoms with E-state index < -0.39 is 5.97 Å². The first kappa shape index (κ1) is 11.8. The van der Waals surface area contributed by atoms with E-state index >= 15 is 0 Å². The molecule has 0 spiro atoms. The van der Waals surface area contributed by atoms with E-state index in [9.17, 15) is 4.79 Å². The lowest BCUT2D eigenvalue weighted by atomic mass is 10.3. The molecule has 1 aromatic rings. The molecule has 0 radical (unpaired) electrons. The van der Waals surface area contributed by atoms with Gasteiger partial charge in [-0.3, -0.25) is 0 Å². The number of nitrogens with zero attached hydrogens (tertiary/aromatic N) is 4. The topological polar surface area (TPSA) is 69.6 Å². The zero-order valence-electron chi connectivity index (χ0n) is 9.83. The summed E-state index contributed by atoms with van der Waals surface area (Å²) in [7, 11) is 0. The molecule has 0 saturated carbocycles. The van der Waals surface area contributed by atoms with Gasteiger partial charge < -0.3 is 14.9 Å². The lowest BCUT2D eigenvalue weighted by molar-refractivity contribution is 0.0683. The van der Waals surface area contributed by atoms with Gasteiger partial charge in [-0.25, -0.2) is 14.8 Å². The van der Waals surface area contributed by atoms with Gasteiger partial charge in [0.2, 0.25) is 5.82 Å². The molecule has 2 heterocycles. The highest BCUT2D eigenvalue weighted by Crippen LogP contribution is 2.12. The number of piperazine rings is 1. The largest absolute Gasteiger partial charge is 0.475 e. The molecule has 2 rings (SSSR count). The van der Waals surface area contributed by atoms with Gasteiger partial charge in [0.15, 0.2) is 0 Å². The standard InChI is InChI=1S/C11H16N4O2/c1-2-14-5-7-15(8-6-14)9-3-4-12-10(13-9)11(16)17/h3-4H,2,5-8H2,1H3,(H,16,17). The van der Waals surface area contributed by atoms with E-state index in [-0.39, 0.29) is 5.82 Å². The fraction of sp³-hybridized carbons (Fsp3) is 0.545. The van der Waals surface area contributed by atoms with Crippen molar-refractivity contribution in [3.8, 4) is 0 Å². The van der Waals surface area contributed by atoms with Gasteiger partial charge in [0.05, 0.1) is 0 Å². The summed E-state index contributed by atoms with van der Waals surface area (Å²) >= 11 is 0. The number of carboxylic acid groups (broad SMARTS) is 1. The minimum absolute atomic E-state index is 0.138. The maximum absolute atomic E-state index is 10.8. The predicted octanol–water partition coefficient (Wildman–Crippen LogP) is 0.317. The maximum Gasteiger partial charge on any atom is 0.374 e. The third-order valence-electron chi connectivity index (χ3n) is 2.98. The van der Waals surface area contributed by atoms with E-state index in [2.05, 4.69) is 26.7 Å². The third kappa shape index (κ3) is 2.71. The third-order valence-corrected chi connectivity index (χ3v) is 2.98. The molecule has 6 nitrogen and oxygen atoms in total. The summed E-state index contributed by atoms with van der Waals surface area (Å²) in [5, 5.41) is 8.84. The first-order chi connectivity index (χ1) is 8.20. The number of aromatic nitrogens is 2. The van der Waals surface area contributed by atoms with Crippen molar-refractivity contribution in [3.05, 3.63) is 18.1 Å². The second kappa shape index (κ2) is 5.09. The van der Waals surface area contributed by atoms with Crippen molar-refractivity contribution in [1.29, 1.82) is 0 Å². The van der Waals surface area contributed by atoms with Crippen LogP contribution in [0.3, 0.4) is 0 Å². The van der Waals surface area contributed by atoms with Crippen molar-refractivity contribution in [3.63, 3.8) is 0 Å². The molecule has 17 heavy (non-hydrogen) atoms. The van der Waals surface area contributed by atoms with E-state index in [1.807, 2.05) is 0 Å².